The van der Waals surface area contributed by atoms with Gasteiger partial charge in [-0.05, 0) is 12.1 Å². The lowest BCUT2D eigenvalue weighted by atomic mass is 10.2. The molecule has 1 aliphatic rings. The molecule has 0 saturated carbocycles. The van der Waals surface area contributed by atoms with E-state index in [0.29, 0.717) is 11.4 Å². The number of amides is 1. The third-order valence-electron chi connectivity index (χ3n) is 2.37. The molecule has 1 aromatic carbocycles. The van der Waals surface area contributed by atoms with E-state index in [0.717, 1.165) is 0 Å². The molecule has 5 heteroatoms. The number of hydrogen-bond acceptors (Lipinski definition) is 4. The predicted octanol–water partition coefficient (Wildman–Crippen LogP) is 0.0747. The highest BCUT2D eigenvalue weighted by molar-refractivity contribution is 5.98. The van der Waals surface area contributed by atoms with Crippen molar-refractivity contribution in [3.8, 4) is 11.5 Å². The Hall–Kier alpha value is -1.75. The van der Waals surface area contributed by atoms with Crippen LogP contribution in [0.4, 0.5) is 5.69 Å². The molecular formula is C10H12N2O3. The minimum Gasteiger partial charge on any atom is -0.508 e. The molecule has 1 heterocycles. The molecule has 1 aliphatic heterocycles. The van der Waals surface area contributed by atoms with Gasteiger partial charge in [0.2, 0.25) is 5.91 Å². The second-order valence-corrected chi connectivity index (χ2v) is 3.47. The Morgan fingerprint density at radius 2 is 2.33 bits per heavy atom. The van der Waals surface area contributed by atoms with E-state index < -0.39 is 6.04 Å². The molecule has 0 aliphatic carbocycles. The largest absolute Gasteiger partial charge is 0.508 e. The molecule has 0 radical (unpaired) electrons. The second kappa shape index (κ2) is 3.43. The molecular weight excluding hydrogens is 196 g/mol. The Balaban J connectivity index is 2.48. The number of phenols is 1. The first-order valence-electron chi connectivity index (χ1n) is 4.58. The van der Waals surface area contributed by atoms with Crippen molar-refractivity contribution in [1.29, 1.82) is 0 Å². The number of anilines is 1. The van der Waals surface area contributed by atoms with Crippen molar-refractivity contribution < 1.29 is 14.6 Å². The lowest BCUT2D eigenvalue weighted by Gasteiger charge is -2.17. The molecule has 0 spiro atoms. The summed E-state index contributed by atoms with van der Waals surface area (Å²) in [5.74, 6) is 0.420. The fourth-order valence-corrected chi connectivity index (χ4v) is 1.51. The van der Waals surface area contributed by atoms with Gasteiger partial charge in [0.1, 0.15) is 24.1 Å². The number of rotatable bonds is 0. The topological polar surface area (TPSA) is 75.8 Å². The fourth-order valence-electron chi connectivity index (χ4n) is 1.51. The van der Waals surface area contributed by atoms with Crippen LogP contribution in [0.3, 0.4) is 0 Å². The van der Waals surface area contributed by atoms with Gasteiger partial charge >= 0.3 is 0 Å². The summed E-state index contributed by atoms with van der Waals surface area (Å²) < 4.78 is 5.36. The van der Waals surface area contributed by atoms with Crippen LogP contribution in [-0.4, -0.2) is 30.7 Å². The van der Waals surface area contributed by atoms with E-state index in [9.17, 15) is 9.90 Å². The van der Waals surface area contributed by atoms with E-state index in [1.165, 1.54) is 17.0 Å². The lowest BCUT2D eigenvalue weighted by Crippen LogP contribution is -2.43. The number of aromatic hydroxyl groups is 1. The van der Waals surface area contributed by atoms with Crippen molar-refractivity contribution in [2.24, 2.45) is 5.73 Å². The summed E-state index contributed by atoms with van der Waals surface area (Å²) in [7, 11) is 1.61. The molecule has 1 atom stereocenters. The maximum Gasteiger partial charge on any atom is 0.247 e. The first kappa shape index (κ1) is 9.79. The number of nitrogens with zero attached hydrogens (tertiary/aromatic N) is 1. The zero-order valence-corrected chi connectivity index (χ0v) is 8.30. The van der Waals surface area contributed by atoms with Crippen molar-refractivity contribution >= 4 is 11.6 Å². The molecule has 5 nitrogen and oxygen atoms in total. The van der Waals surface area contributed by atoms with Crippen LogP contribution in [0.5, 0.6) is 11.5 Å². The number of hydrogen-bond donors (Lipinski definition) is 2. The Bertz CT molecular complexity index is 406. The van der Waals surface area contributed by atoms with Crippen molar-refractivity contribution in [3.05, 3.63) is 18.2 Å². The number of carbonyl (C=O) groups is 1. The molecule has 3 N–H and O–H groups in total. The first-order valence-corrected chi connectivity index (χ1v) is 4.58. The van der Waals surface area contributed by atoms with Crippen LogP contribution >= 0.6 is 0 Å². The number of benzene rings is 1. The van der Waals surface area contributed by atoms with Gasteiger partial charge in [-0.1, -0.05) is 0 Å². The number of likely N-dealkylation sites (N-methyl/N-ethyl adjacent to an activating group) is 1. The first-order chi connectivity index (χ1) is 7.09. The Labute approximate surface area is 87.1 Å². The van der Waals surface area contributed by atoms with Crippen molar-refractivity contribution in [1.82, 2.24) is 0 Å². The molecule has 1 aromatic rings. The number of carbonyl (C=O) groups excluding carboxylic acids is 1. The molecule has 1 amide bonds. The van der Waals surface area contributed by atoms with Gasteiger partial charge in [0.25, 0.3) is 0 Å². The maximum atomic E-state index is 11.7. The summed E-state index contributed by atoms with van der Waals surface area (Å²) >= 11 is 0. The van der Waals surface area contributed by atoms with Crippen LogP contribution in [0.1, 0.15) is 0 Å². The SMILES string of the molecule is CN1C(=O)[C@@H](N)COc2ccc(O)cc21. The number of nitrogens with two attached hydrogens (primary N) is 1. The smallest absolute Gasteiger partial charge is 0.247 e. The second-order valence-electron chi connectivity index (χ2n) is 3.47. The molecule has 0 aromatic heterocycles. The van der Waals surface area contributed by atoms with Gasteiger partial charge in [0, 0.05) is 13.1 Å². The summed E-state index contributed by atoms with van der Waals surface area (Å²) in [6.45, 7) is 0.154. The summed E-state index contributed by atoms with van der Waals surface area (Å²) in [5.41, 5.74) is 6.14. The van der Waals surface area contributed by atoms with Crippen LogP contribution < -0.4 is 15.4 Å². The maximum absolute atomic E-state index is 11.7. The highest BCUT2D eigenvalue weighted by Crippen LogP contribution is 2.33. The molecule has 0 saturated heterocycles. The van der Waals surface area contributed by atoms with Crippen molar-refractivity contribution in [3.63, 3.8) is 0 Å². The minimum atomic E-state index is -0.662. The third-order valence-corrected chi connectivity index (χ3v) is 2.37. The molecule has 0 fully saturated rings. The van der Waals surface area contributed by atoms with Gasteiger partial charge in [0.05, 0.1) is 5.69 Å². The summed E-state index contributed by atoms with van der Waals surface area (Å²) in [6.07, 6.45) is 0. The summed E-state index contributed by atoms with van der Waals surface area (Å²) in [6, 6.07) is 3.94. The van der Waals surface area contributed by atoms with Crippen LogP contribution in [0, 0.1) is 0 Å². The average molecular weight is 208 g/mol. The molecule has 0 unspecified atom stereocenters. The normalized spacial score (nSPS) is 20.5. The fraction of sp³-hybridized carbons (Fsp3) is 0.300. The average Bonchev–Trinajstić information content (AvgIpc) is 2.32. The van der Waals surface area contributed by atoms with E-state index in [-0.39, 0.29) is 18.3 Å². The van der Waals surface area contributed by atoms with Crippen molar-refractivity contribution in [2.45, 2.75) is 6.04 Å². The van der Waals surface area contributed by atoms with Gasteiger partial charge in [-0.3, -0.25) is 4.79 Å². The van der Waals surface area contributed by atoms with Gasteiger partial charge in [-0.15, -0.1) is 0 Å². The van der Waals surface area contributed by atoms with Gasteiger partial charge in [0.15, 0.2) is 0 Å². The predicted molar refractivity (Wildman–Crippen MR) is 55.0 cm³/mol. The van der Waals surface area contributed by atoms with Crippen LogP contribution in [0.25, 0.3) is 0 Å². The lowest BCUT2D eigenvalue weighted by molar-refractivity contribution is -0.119. The number of ether oxygens (including phenoxy) is 1. The number of phenolic OH excluding ortho intramolecular Hbond substituents is 1. The standard InChI is InChI=1S/C10H12N2O3/c1-12-8-4-6(13)2-3-9(8)15-5-7(11)10(12)14/h2-4,7,13H,5,11H2,1H3/t7-/m0/s1. The van der Waals surface area contributed by atoms with Gasteiger partial charge < -0.3 is 20.5 Å². The van der Waals surface area contributed by atoms with Crippen LogP contribution in [0.2, 0.25) is 0 Å². The van der Waals surface area contributed by atoms with E-state index in [4.69, 9.17) is 10.5 Å². The summed E-state index contributed by atoms with van der Waals surface area (Å²) in [4.78, 5) is 13.1. The molecule has 15 heavy (non-hydrogen) atoms. The Kier molecular flexibility index (Phi) is 2.24. The quantitative estimate of drug-likeness (QED) is 0.632. The highest BCUT2D eigenvalue weighted by Gasteiger charge is 2.26. The van der Waals surface area contributed by atoms with E-state index in [2.05, 4.69) is 0 Å². The Morgan fingerprint density at radius 3 is 3.07 bits per heavy atom. The van der Waals surface area contributed by atoms with Gasteiger partial charge in [-0.2, -0.15) is 0 Å². The monoisotopic (exact) mass is 208 g/mol. The minimum absolute atomic E-state index is 0.0903. The summed E-state index contributed by atoms with van der Waals surface area (Å²) in [5, 5.41) is 9.33. The molecule has 0 bridgehead atoms. The van der Waals surface area contributed by atoms with Crippen LogP contribution in [0.15, 0.2) is 18.2 Å². The van der Waals surface area contributed by atoms with E-state index in [1.54, 1.807) is 13.1 Å². The van der Waals surface area contributed by atoms with Crippen LogP contribution in [-0.2, 0) is 4.79 Å². The van der Waals surface area contributed by atoms with E-state index in [1.807, 2.05) is 0 Å². The van der Waals surface area contributed by atoms with Gasteiger partial charge in [-0.25, -0.2) is 0 Å². The molecule has 2 rings (SSSR count). The molecule has 80 valence electrons. The number of fused-ring (bicyclic) bond motifs is 1. The zero-order chi connectivity index (χ0) is 11.0. The third kappa shape index (κ3) is 1.61. The van der Waals surface area contributed by atoms with Crippen molar-refractivity contribution in [2.75, 3.05) is 18.6 Å². The zero-order valence-electron chi connectivity index (χ0n) is 8.30. The highest BCUT2D eigenvalue weighted by atomic mass is 16.5. The Morgan fingerprint density at radius 1 is 1.60 bits per heavy atom. The van der Waals surface area contributed by atoms with E-state index >= 15 is 0 Å².